The summed E-state index contributed by atoms with van der Waals surface area (Å²) in [5, 5.41) is 2.45. The van der Waals surface area contributed by atoms with Gasteiger partial charge in [0.2, 0.25) is 5.91 Å². The first kappa shape index (κ1) is 14.7. The van der Waals surface area contributed by atoms with Crippen molar-refractivity contribution in [2.45, 2.75) is 26.0 Å². The van der Waals surface area contributed by atoms with Crippen molar-refractivity contribution >= 4 is 22.1 Å². The number of carbonyl (C=O) groups excluding carboxylic acids is 2. The first-order valence-electron chi connectivity index (χ1n) is 5.27. The Balaban J connectivity index is 2.68. The van der Waals surface area contributed by atoms with Gasteiger partial charge in [0.25, 0.3) is 10.1 Å². The second kappa shape index (κ2) is 5.53. The average Bonchev–Trinajstić information content (AvgIpc) is 2.54. The number of hydrogen-bond acceptors (Lipinski definition) is 6. The van der Waals surface area contributed by atoms with E-state index in [0.29, 0.717) is 0 Å². The van der Waals surface area contributed by atoms with Crippen molar-refractivity contribution in [2.75, 3.05) is 19.5 Å². The van der Waals surface area contributed by atoms with Crippen molar-refractivity contribution in [1.29, 1.82) is 0 Å². The van der Waals surface area contributed by atoms with Crippen LogP contribution < -0.4 is 5.32 Å². The Morgan fingerprint density at radius 2 is 2.28 bits per heavy atom. The normalized spacial score (nSPS) is 21.6. The summed E-state index contributed by atoms with van der Waals surface area (Å²) in [5.41, 5.74) is 0. The highest BCUT2D eigenvalue weighted by atomic mass is 32.2. The van der Waals surface area contributed by atoms with Crippen LogP contribution >= 0.6 is 0 Å². The summed E-state index contributed by atoms with van der Waals surface area (Å²) in [7, 11) is -3.61. The fourth-order valence-electron chi connectivity index (χ4n) is 1.57. The maximum absolute atomic E-state index is 11.4. The van der Waals surface area contributed by atoms with E-state index in [1.165, 1.54) is 18.7 Å². The molecule has 0 saturated carbocycles. The number of rotatable bonds is 5. The Morgan fingerprint density at radius 3 is 2.78 bits per heavy atom. The zero-order valence-corrected chi connectivity index (χ0v) is 11.2. The average molecular weight is 280 g/mol. The van der Waals surface area contributed by atoms with Crippen LogP contribution in [-0.2, 0) is 23.8 Å². The molecule has 1 aliphatic heterocycles. The number of amides is 2. The zero-order chi connectivity index (χ0) is 13.9. The molecule has 104 valence electrons. The summed E-state index contributed by atoms with van der Waals surface area (Å²) >= 11 is 0. The lowest BCUT2D eigenvalue weighted by Crippen LogP contribution is -2.47. The Bertz CT molecular complexity index is 434. The third kappa shape index (κ3) is 4.15. The summed E-state index contributed by atoms with van der Waals surface area (Å²) in [5.74, 6) is -0.301. The van der Waals surface area contributed by atoms with Gasteiger partial charge in [-0.1, -0.05) is 0 Å². The molecular formula is C9H16N2O6S. The summed E-state index contributed by atoms with van der Waals surface area (Å²) in [6, 6.07) is -0.556. The van der Waals surface area contributed by atoms with E-state index in [4.69, 9.17) is 8.92 Å². The first-order chi connectivity index (χ1) is 8.20. The number of ether oxygens (including phenoxy) is 1. The molecule has 1 rings (SSSR count). The minimum atomic E-state index is -3.61. The molecule has 0 aromatic rings. The third-order valence-electron chi connectivity index (χ3n) is 2.38. The smallest absolute Gasteiger partial charge is 0.411 e. The minimum Gasteiger partial charge on any atom is -0.447 e. The third-order valence-corrected chi connectivity index (χ3v) is 3.03. The van der Waals surface area contributed by atoms with E-state index in [1.807, 2.05) is 0 Å². The van der Waals surface area contributed by atoms with Crippen LogP contribution in [0, 0.1) is 0 Å². The van der Waals surface area contributed by atoms with Crippen molar-refractivity contribution in [1.82, 2.24) is 10.2 Å². The summed E-state index contributed by atoms with van der Waals surface area (Å²) in [6.45, 7) is 2.81. The predicted octanol–water partition coefficient (Wildman–Crippen LogP) is -0.734. The molecule has 0 aromatic heterocycles. The van der Waals surface area contributed by atoms with Crippen molar-refractivity contribution < 1.29 is 26.9 Å². The Labute approximate surface area is 105 Å². The largest absolute Gasteiger partial charge is 0.447 e. The monoisotopic (exact) mass is 280 g/mol. The highest BCUT2D eigenvalue weighted by Gasteiger charge is 2.38. The van der Waals surface area contributed by atoms with E-state index < -0.39 is 28.4 Å². The molecule has 8 nitrogen and oxygen atoms in total. The van der Waals surface area contributed by atoms with Crippen molar-refractivity contribution in [3.63, 3.8) is 0 Å². The van der Waals surface area contributed by atoms with Crippen LogP contribution in [0.5, 0.6) is 0 Å². The molecule has 1 heterocycles. The van der Waals surface area contributed by atoms with Crippen LogP contribution in [0.4, 0.5) is 4.79 Å². The maximum Gasteiger partial charge on any atom is 0.411 e. The molecule has 9 heteroatoms. The second-order valence-corrected chi connectivity index (χ2v) is 5.61. The van der Waals surface area contributed by atoms with Crippen LogP contribution in [0.1, 0.15) is 13.8 Å². The van der Waals surface area contributed by atoms with Crippen LogP contribution in [-0.4, -0.2) is 57.0 Å². The van der Waals surface area contributed by atoms with Crippen LogP contribution in [0.3, 0.4) is 0 Å². The van der Waals surface area contributed by atoms with Crippen molar-refractivity contribution in [3.05, 3.63) is 0 Å². The van der Waals surface area contributed by atoms with E-state index in [0.717, 1.165) is 6.26 Å². The van der Waals surface area contributed by atoms with Crippen molar-refractivity contribution in [3.8, 4) is 0 Å². The Kier molecular flexibility index (Phi) is 4.52. The fourth-order valence-corrected chi connectivity index (χ4v) is 2.25. The lowest BCUT2D eigenvalue weighted by Gasteiger charge is -2.25. The number of nitrogens with one attached hydrogen (secondary N) is 1. The molecule has 0 spiro atoms. The van der Waals surface area contributed by atoms with E-state index in [9.17, 15) is 18.0 Å². The quantitative estimate of drug-likeness (QED) is 0.666. The lowest BCUT2D eigenvalue weighted by molar-refractivity contribution is -0.119. The number of cyclic esters (lactones) is 1. The van der Waals surface area contributed by atoms with Gasteiger partial charge in [-0.05, 0) is 6.92 Å². The highest BCUT2D eigenvalue weighted by molar-refractivity contribution is 7.86. The van der Waals surface area contributed by atoms with Gasteiger partial charge in [-0.3, -0.25) is 13.9 Å². The van der Waals surface area contributed by atoms with Gasteiger partial charge in [-0.2, -0.15) is 8.42 Å². The fraction of sp³-hybridized carbons (Fsp3) is 0.778. The zero-order valence-electron chi connectivity index (χ0n) is 10.4. The molecule has 0 aromatic carbocycles. The van der Waals surface area contributed by atoms with E-state index in [-0.39, 0.29) is 19.2 Å². The molecule has 0 bridgehead atoms. The van der Waals surface area contributed by atoms with E-state index >= 15 is 0 Å². The molecule has 1 saturated heterocycles. The maximum atomic E-state index is 11.4. The molecule has 0 aliphatic carbocycles. The Morgan fingerprint density at radius 1 is 1.67 bits per heavy atom. The molecule has 0 unspecified atom stereocenters. The number of hydrogen-bond donors (Lipinski definition) is 1. The van der Waals surface area contributed by atoms with Gasteiger partial charge in [0, 0.05) is 6.92 Å². The van der Waals surface area contributed by atoms with Gasteiger partial charge >= 0.3 is 6.09 Å². The molecular weight excluding hydrogens is 264 g/mol. The summed E-state index contributed by atoms with van der Waals surface area (Å²) in [4.78, 5) is 23.4. The summed E-state index contributed by atoms with van der Waals surface area (Å²) in [6.07, 6.45) is -0.433. The van der Waals surface area contributed by atoms with Gasteiger partial charge < -0.3 is 10.1 Å². The molecule has 1 N–H and O–H groups in total. The number of nitrogens with zero attached hydrogens (tertiary/aromatic N) is 1. The van der Waals surface area contributed by atoms with Crippen molar-refractivity contribution in [2.24, 2.45) is 0 Å². The molecule has 18 heavy (non-hydrogen) atoms. The molecule has 1 fully saturated rings. The summed E-state index contributed by atoms with van der Waals surface area (Å²) < 4.78 is 31.6. The predicted molar refractivity (Wildman–Crippen MR) is 61.0 cm³/mol. The van der Waals surface area contributed by atoms with Crippen LogP contribution in [0.25, 0.3) is 0 Å². The molecule has 2 amide bonds. The van der Waals surface area contributed by atoms with Gasteiger partial charge in [0.05, 0.1) is 25.1 Å². The van der Waals surface area contributed by atoms with E-state index in [2.05, 4.69) is 5.32 Å². The second-order valence-electron chi connectivity index (χ2n) is 4.01. The molecule has 2 atom stereocenters. The SMILES string of the molecule is CC(=O)NCN1C(=O)OC[C@@H]1[C@@H](C)OS(C)(=O)=O. The Hall–Kier alpha value is -1.35. The lowest BCUT2D eigenvalue weighted by atomic mass is 10.2. The minimum absolute atomic E-state index is 0.0229. The van der Waals surface area contributed by atoms with Crippen LogP contribution in [0.15, 0.2) is 0 Å². The molecule has 0 radical (unpaired) electrons. The standard InChI is InChI=1S/C9H16N2O6S/c1-6(17-18(3,14)15)8-4-16-9(13)11(8)5-10-7(2)12/h6,8H,4-5H2,1-3H3,(H,10,12)/t6-,8-/m1/s1. The first-order valence-corrected chi connectivity index (χ1v) is 7.08. The van der Waals surface area contributed by atoms with Crippen LogP contribution in [0.2, 0.25) is 0 Å². The van der Waals surface area contributed by atoms with E-state index in [1.54, 1.807) is 0 Å². The highest BCUT2D eigenvalue weighted by Crippen LogP contribution is 2.17. The van der Waals surface area contributed by atoms with Gasteiger partial charge in [0.15, 0.2) is 0 Å². The van der Waals surface area contributed by atoms with Gasteiger partial charge in [-0.25, -0.2) is 4.79 Å². The van der Waals surface area contributed by atoms with Gasteiger partial charge in [-0.15, -0.1) is 0 Å². The topological polar surface area (TPSA) is 102 Å². The number of carbonyl (C=O) groups is 2. The van der Waals surface area contributed by atoms with Gasteiger partial charge in [0.1, 0.15) is 6.61 Å². The molecule has 1 aliphatic rings.